The molecule has 1 nitrogen and oxygen atoms in total. The van der Waals surface area contributed by atoms with Gasteiger partial charge in [-0.15, -0.1) is 0 Å². The van der Waals surface area contributed by atoms with Gasteiger partial charge in [0.2, 0.25) is 5.24 Å². The van der Waals surface area contributed by atoms with Crippen LogP contribution in [0.2, 0.25) is 0 Å². The van der Waals surface area contributed by atoms with Crippen molar-refractivity contribution in [2.45, 2.75) is 46.5 Å². The van der Waals surface area contributed by atoms with Crippen LogP contribution in [0.3, 0.4) is 0 Å². The lowest BCUT2D eigenvalue weighted by Gasteiger charge is -2.35. The van der Waals surface area contributed by atoms with Crippen LogP contribution in [0.15, 0.2) is 0 Å². The van der Waals surface area contributed by atoms with Crippen LogP contribution in [0.1, 0.15) is 46.5 Å². The Morgan fingerprint density at radius 3 is 1.92 bits per heavy atom. The van der Waals surface area contributed by atoms with Crippen LogP contribution in [0, 0.1) is 17.3 Å². The van der Waals surface area contributed by atoms with Crippen molar-refractivity contribution in [3.8, 4) is 0 Å². The topological polar surface area (TPSA) is 17.1 Å². The van der Waals surface area contributed by atoms with E-state index < -0.39 is 0 Å². The first-order chi connectivity index (χ1) is 5.91. The molecule has 0 N–H and O–H groups in total. The third-order valence-electron chi connectivity index (χ3n) is 3.27. The highest BCUT2D eigenvalue weighted by atomic mass is 35.5. The van der Waals surface area contributed by atoms with E-state index in [2.05, 4.69) is 20.8 Å². The molecule has 2 heteroatoms. The first-order valence-corrected chi connectivity index (χ1v) is 5.48. The van der Waals surface area contributed by atoms with Crippen LogP contribution in [-0.2, 0) is 4.79 Å². The highest BCUT2D eigenvalue weighted by molar-refractivity contribution is 6.63. The summed E-state index contributed by atoms with van der Waals surface area (Å²) in [6.07, 6.45) is 4.30. The number of carbonyl (C=O) groups excluding carboxylic acids is 1. The van der Waals surface area contributed by atoms with Crippen molar-refractivity contribution in [3.63, 3.8) is 0 Å². The Labute approximate surface area is 85.8 Å². The van der Waals surface area contributed by atoms with E-state index in [-0.39, 0.29) is 11.2 Å². The molecular weight excluding hydrogens is 184 g/mol. The molecule has 0 atom stereocenters. The van der Waals surface area contributed by atoms with Crippen LogP contribution in [0.4, 0.5) is 0 Å². The summed E-state index contributed by atoms with van der Waals surface area (Å²) in [4.78, 5) is 10.9. The fourth-order valence-electron chi connectivity index (χ4n) is 2.19. The summed E-state index contributed by atoms with van der Waals surface area (Å²) in [7, 11) is 0. The zero-order valence-corrected chi connectivity index (χ0v) is 9.53. The molecule has 0 unspecified atom stereocenters. The number of rotatable bonds is 1. The largest absolute Gasteiger partial charge is 0.281 e. The van der Waals surface area contributed by atoms with Crippen molar-refractivity contribution in [2.75, 3.05) is 0 Å². The van der Waals surface area contributed by atoms with Crippen LogP contribution in [0.5, 0.6) is 0 Å². The molecule has 0 aliphatic heterocycles. The second-order valence-electron chi connectivity index (χ2n) is 5.22. The van der Waals surface area contributed by atoms with Gasteiger partial charge in [-0.3, -0.25) is 4.79 Å². The molecule has 0 bridgehead atoms. The van der Waals surface area contributed by atoms with Crippen molar-refractivity contribution in [1.29, 1.82) is 0 Å². The number of hydrogen-bond acceptors (Lipinski definition) is 1. The predicted octanol–water partition coefficient (Wildman–Crippen LogP) is 3.60. The standard InChI is InChI=1S/C11H19ClO/c1-11(2,3)9-6-4-8(5-7-9)10(12)13/h8-9H,4-7H2,1-3H3/t8-,9-. The fraction of sp³-hybridized carbons (Fsp3) is 0.909. The molecule has 0 aromatic carbocycles. The zero-order valence-electron chi connectivity index (χ0n) is 8.77. The zero-order chi connectivity index (χ0) is 10.1. The van der Waals surface area contributed by atoms with Crippen LogP contribution >= 0.6 is 11.6 Å². The first kappa shape index (κ1) is 11.0. The Bertz CT molecular complexity index is 185. The second-order valence-corrected chi connectivity index (χ2v) is 5.59. The van der Waals surface area contributed by atoms with Gasteiger partial charge in [-0.05, 0) is 48.6 Å². The molecule has 1 aliphatic rings. The predicted molar refractivity (Wildman–Crippen MR) is 55.8 cm³/mol. The molecule has 1 fully saturated rings. The quantitative estimate of drug-likeness (QED) is 0.594. The molecule has 0 aromatic heterocycles. The highest BCUT2D eigenvalue weighted by Gasteiger charge is 2.31. The lowest BCUT2D eigenvalue weighted by Crippen LogP contribution is -2.27. The average molecular weight is 203 g/mol. The van der Waals surface area contributed by atoms with Gasteiger partial charge in [0.15, 0.2) is 0 Å². The van der Waals surface area contributed by atoms with E-state index in [4.69, 9.17) is 11.6 Å². The van der Waals surface area contributed by atoms with Crippen LogP contribution < -0.4 is 0 Å². The van der Waals surface area contributed by atoms with E-state index in [0.29, 0.717) is 5.41 Å². The summed E-state index contributed by atoms with van der Waals surface area (Å²) in [5, 5.41) is -0.132. The van der Waals surface area contributed by atoms with Crippen molar-refractivity contribution >= 4 is 16.8 Å². The normalized spacial score (nSPS) is 30.2. The highest BCUT2D eigenvalue weighted by Crippen LogP contribution is 2.40. The minimum absolute atomic E-state index is 0.132. The minimum Gasteiger partial charge on any atom is -0.281 e. The van der Waals surface area contributed by atoms with Crippen molar-refractivity contribution in [2.24, 2.45) is 17.3 Å². The molecule has 1 rings (SSSR count). The van der Waals surface area contributed by atoms with Crippen molar-refractivity contribution in [1.82, 2.24) is 0 Å². The minimum atomic E-state index is -0.132. The number of hydrogen-bond donors (Lipinski definition) is 0. The number of carbonyl (C=O) groups is 1. The third-order valence-corrected chi connectivity index (χ3v) is 3.58. The average Bonchev–Trinajstić information content (AvgIpc) is 2.03. The maximum absolute atomic E-state index is 10.9. The molecule has 0 heterocycles. The molecule has 13 heavy (non-hydrogen) atoms. The van der Waals surface area contributed by atoms with Crippen LogP contribution in [0.25, 0.3) is 0 Å². The summed E-state index contributed by atoms with van der Waals surface area (Å²) in [5.74, 6) is 0.903. The Kier molecular flexibility index (Phi) is 3.39. The Morgan fingerprint density at radius 2 is 1.62 bits per heavy atom. The van der Waals surface area contributed by atoms with E-state index in [9.17, 15) is 4.79 Å². The van der Waals surface area contributed by atoms with Gasteiger partial charge in [-0.1, -0.05) is 20.8 Å². The fourth-order valence-corrected chi connectivity index (χ4v) is 2.40. The molecule has 0 radical (unpaired) electrons. The molecule has 0 aromatic rings. The van der Waals surface area contributed by atoms with Gasteiger partial charge >= 0.3 is 0 Å². The summed E-state index contributed by atoms with van der Waals surface area (Å²) in [5.41, 5.74) is 0.389. The smallest absolute Gasteiger partial charge is 0.224 e. The van der Waals surface area contributed by atoms with Gasteiger partial charge in [-0.25, -0.2) is 0 Å². The van der Waals surface area contributed by atoms with Gasteiger partial charge in [0.05, 0.1) is 0 Å². The van der Waals surface area contributed by atoms with Gasteiger partial charge in [-0.2, -0.15) is 0 Å². The van der Waals surface area contributed by atoms with E-state index in [1.165, 1.54) is 0 Å². The maximum atomic E-state index is 10.9. The maximum Gasteiger partial charge on any atom is 0.224 e. The van der Waals surface area contributed by atoms with E-state index in [0.717, 1.165) is 31.6 Å². The number of halogens is 1. The van der Waals surface area contributed by atoms with Gasteiger partial charge in [0.25, 0.3) is 0 Å². The molecule has 1 saturated carbocycles. The lowest BCUT2D eigenvalue weighted by atomic mass is 9.70. The summed E-state index contributed by atoms with van der Waals surface area (Å²) in [6.45, 7) is 6.83. The first-order valence-electron chi connectivity index (χ1n) is 5.10. The Morgan fingerprint density at radius 1 is 1.15 bits per heavy atom. The van der Waals surface area contributed by atoms with Crippen LogP contribution in [-0.4, -0.2) is 5.24 Å². The monoisotopic (exact) mass is 202 g/mol. The summed E-state index contributed by atoms with van der Waals surface area (Å²) >= 11 is 5.48. The molecule has 0 amide bonds. The molecular formula is C11H19ClO. The van der Waals surface area contributed by atoms with Gasteiger partial charge in [0, 0.05) is 5.92 Å². The summed E-state index contributed by atoms with van der Waals surface area (Å²) < 4.78 is 0. The molecule has 76 valence electrons. The van der Waals surface area contributed by atoms with E-state index >= 15 is 0 Å². The Hall–Kier alpha value is -0.0400. The van der Waals surface area contributed by atoms with Gasteiger partial charge < -0.3 is 0 Å². The molecule has 1 aliphatic carbocycles. The lowest BCUT2D eigenvalue weighted by molar-refractivity contribution is -0.116. The SMILES string of the molecule is CC(C)(C)[C@H]1CC[C@H](C(=O)Cl)CC1. The second kappa shape index (κ2) is 4.00. The third kappa shape index (κ3) is 2.98. The van der Waals surface area contributed by atoms with E-state index in [1.54, 1.807) is 0 Å². The molecule has 0 spiro atoms. The van der Waals surface area contributed by atoms with Crippen molar-refractivity contribution < 1.29 is 4.79 Å². The Balaban J connectivity index is 2.44. The van der Waals surface area contributed by atoms with Crippen molar-refractivity contribution in [3.05, 3.63) is 0 Å². The van der Waals surface area contributed by atoms with Gasteiger partial charge in [0.1, 0.15) is 0 Å². The summed E-state index contributed by atoms with van der Waals surface area (Å²) in [6, 6.07) is 0. The van der Waals surface area contributed by atoms with E-state index in [1.807, 2.05) is 0 Å². The molecule has 0 saturated heterocycles.